The molecule has 2 aromatic rings. The van der Waals surface area contributed by atoms with Crippen molar-refractivity contribution < 1.29 is 25.2 Å². The highest BCUT2D eigenvalue weighted by atomic mass is 32.2. The zero-order valence-corrected chi connectivity index (χ0v) is 14.3. The summed E-state index contributed by atoms with van der Waals surface area (Å²) in [6.07, 6.45) is -5.40. The number of nitrogens with two attached hydrogens (primary N) is 1. The van der Waals surface area contributed by atoms with Crippen LogP contribution in [-0.4, -0.2) is 76.7 Å². The third-order valence-corrected chi connectivity index (χ3v) is 4.94. The van der Waals surface area contributed by atoms with Crippen LogP contribution >= 0.6 is 11.8 Å². The second kappa shape index (κ2) is 7.34. The van der Waals surface area contributed by atoms with Crippen molar-refractivity contribution in [1.29, 1.82) is 0 Å². The van der Waals surface area contributed by atoms with Gasteiger partial charge in [-0.25, -0.2) is 4.98 Å². The molecule has 0 aromatic carbocycles. The van der Waals surface area contributed by atoms with Gasteiger partial charge in [0.25, 0.3) is 5.56 Å². The highest BCUT2D eigenvalue weighted by Crippen LogP contribution is 2.34. The number of anilines is 1. The lowest BCUT2D eigenvalue weighted by atomic mass is 9.98. The summed E-state index contributed by atoms with van der Waals surface area (Å²) in [7, 11) is 0. The minimum Gasteiger partial charge on any atom is -0.394 e. The first-order valence-corrected chi connectivity index (χ1v) is 8.69. The summed E-state index contributed by atoms with van der Waals surface area (Å²) in [5.41, 5.74) is 5.05. The molecule has 0 radical (unpaired) electrons. The normalized spacial score (nSPS) is 29.2. The van der Waals surface area contributed by atoms with Crippen LogP contribution in [0, 0.1) is 0 Å². The second-order valence-corrected chi connectivity index (χ2v) is 6.69. The van der Waals surface area contributed by atoms with Crippen LogP contribution in [0.1, 0.15) is 6.23 Å². The zero-order valence-electron chi connectivity index (χ0n) is 13.5. The van der Waals surface area contributed by atoms with Gasteiger partial charge in [-0.1, -0.05) is 17.8 Å². The molecule has 2 aromatic heterocycles. The molecule has 26 heavy (non-hydrogen) atoms. The third-order valence-electron chi connectivity index (χ3n) is 3.99. The standard InChI is InChI=1S/C14H19N5O6S/c1-2-3-26-14-16-6-10(17-13(15)18-11(6)24)19(14)12-9(23)8(22)7(21)5(4-20)25-12/h2,5,7-9,12,20-23H,1,3-4H2,(H3,15,17,18,24)/t5-,7-,8+,9-,12-/m1/s1. The van der Waals surface area contributed by atoms with Crippen molar-refractivity contribution in [2.24, 2.45) is 0 Å². The number of thioether (sulfide) groups is 1. The van der Waals surface area contributed by atoms with E-state index >= 15 is 0 Å². The van der Waals surface area contributed by atoms with Gasteiger partial charge in [-0.15, -0.1) is 6.58 Å². The molecular weight excluding hydrogens is 366 g/mol. The molecule has 1 aliphatic heterocycles. The minimum absolute atomic E-state index is 0.0253. The van der Waals surface area contributed by atoms with Gasteiger partial charge >= 0.3 is 0 Å². The van der Waals surface area contributed by atoms with Crippen LogP contribution in [-0.2, 0) is 4.74 Å². The zero-order chi connectivity index (χ0) is 19.0. The smallest absolute Gasteiger partial charge is 0.280 e. The van der Waals surface area contributed by atoms with Gasteiger partial charge < -0.3 is 30.9 Å². The van der Waals surface area contributed by atoms with Crippen LogP contribution in [0.5, 0.6) is 0 Å². The highest BCUT2D eigenvalue weighted by molar-refractivity contribution is 7.99. The first-order valence-electron chi connectivity index (χ1n) is 7.71. The van der Waals surface area contributed by atoms with Crippen LogP contribution in [0.15, 0.2) is 22.6 Å². The van der Waals surface area contributed by atoms with Crippen LogP contribution in [0.25, 0.3) is 11.2 Å². The Balaban J connectivity index is 2.18. The lowest BCUT2D eigenvalue weighted by Gasteiger charge is -2.40. The maximum atomic E-state index is 12.1. The Kier molecular flexibility index (Phi) is 5.32. The molecule has 0 amide bonds. The molecule has 0 saturated carbocycles. The topological polar surface area (TPSA) is 180 Å². The van der Waals surface area contributed by atoms with Crippen molar-refractivity contribution in [1.82, 2.24) is 19.5 Å². The van der Waals surface area contributed by atoms with Crippen LogP contribution in [0.4, 0.5) is 5.95 Å². The summed E-state index contributed by atoms with van der Waals surface area (Å²) < 4.78 is 6.88. The summed E-state index contributed by atoms with van der Waals surface area (Å²) in [4.78, 5) is 22.7. The average Bonchev–Trinajstić information content (AvgIpc) is 2.97. The van der Waals surface area contributed by atoms with E-state index in [1.54, 1.807) is 6.08 Å². The number of hydrogen-bond acceptors (Lipinski definition) is 10. The van der Waals surface area contributed by atoms with Crippen molar-refractivity contribution in [2.75, 3.05) is 18.1 Å². The van der Waals surface area contributed by atoms with E-state index in [9.17, 15) is 25.2 Å². The minimum atomic E-state index is -1.58. The van der Waals surface area contributed by atoms with Gasteiger partial charge in [0.15, 0.2) is 22.5 Å². The fourth-order valence-electron chi connectivity index (χ4n) is 2.74. The number of hydrogen-bond donors (Lipinski definition) is 6. The summed E-state index contributed by atoms with van der Waals surface area (Å²) in [6.45, 7) is 3.03. The Morgan fingerprint density at radius 3 is 2.69 bits per heavy atom. The third kappa shape index (κ3) is 3.11. The number of nitrogens with one attached hydrogen (secondary N) is 1. The number of aliphatic hydroxyl groups excluding tert-OH is 4. The molecule has 3 rings (SSSR count). The number of H-pyrrole nitrogens is 1. The van der Waals surface area contributed by atoms with Gasteiger partial charge in [0.1, 0.15) is 24.4 Å². The first-order chi connectivity index (χ1) is 12.4. The van der Waals surface area contributed by atoms with Gasteiger partial charge in [0.05, 0.1) is 6.61 Å². The Bertz CT molecular complexity index is 867. The summed E-state index contributed by atoms with van der Waals surface area (Å²) in [5, 5.41) is 40.1. The number of imidazole rings is 1. The average molecular weight is 385 g/mol. The fraction of sp³-hybridized carbons (Fsp3) is 0.500. The molecule has 0 unspecified atom stereocenters. The SMILES string of the molecule is C=CCSc1nc2c(=O)[nH]c(N)nc2n1[C@@H]1O[C@H](CO)[C@@H](O)[C@H](O)[C@H]1O. The lowest BCUT2D eigenvalue weighted by Crippen LogP contribution is -2.56. The molecule has 3 heterocycles. The van der Waals surface area contributed by atoms with Crippen LogP contribution in [0.3, 0.4) is 0 Å². The van der Waals surface area contributed by atoms with E-state index in [0.29, 0.717) is 5.75 Å². The number of ether oxygens (including phenoxy) is 1. The van der Waals surface area contributed by atoms with Crippen molar-refractivity contribution >= 4 is 28.9 Å². The molecule has 5 atom stereocenters. The molecule has 11 nitrogen and oxygen atoms in total. The van der Waals surface area contributed by atoms with Crippen LogP contribution in [0.2, 0.25) is 0 Å². The van der Waals surface area contributed by atoms with E-state index in [0.717, 1.165) is 0 Å². The van der Waals surface area contributed by atoms with E-state index in [1.807, 2.05) is 0 Å². The molecule has 0 aliphatic carbocycles. The molecule has 12 heteroatoms. The molecule has 1 saturated heterocycles. The predicted molar refractivity (Wildman–Crippen MR) is 92.5 cm³/mol. The van der Waals surface area contributed by atoms with Gasteiger partial charge in [-0.05, 0) is 0 Å². The molecule has 0 bridgehead atoms. The Morgan fingerprint density at radius 1 is 1.31 bits per heavy atom. The number of aromatic nitrogens is 4. The molecule has 1 fully saturated rings. The van der Waals surface area contributed by atoms with Crippen molar-refractivity contribution in [2.45, 2.75) is 35.8 Å². The summed E-state index contributed by atoms with van der Waals surface area (Å²) in [5.74, 6) is 0.280. The summed E-state index contributed by atoms with van der Waals surface area (Å²) >= 11 is 1.20. The Labute approximate surface area is 151 Å². The molecule has 1 aliphatic rings. The van der Waals surface area contributed by atoms with Gasteiger partial charge in [0.2, 0.25) is 5.95 Å². The molecular formula is C14H19N5O6S. The van der Waals surface area contributed by atoms with Crippen LogP contribution < -0.4 is 11.3 Å². The van der Waals surface area contributed by atoms with Crippen molar-refractivity contribution in [3.63, 3.8) is 0 Å². The Hall–Kier alpha value is -1.96. The largest absolute Gasteiger partial charge is 0.394 e. The number of nitrogen functional groups attached to an aromatic ring is 1. The van der Waals surface area contributed by atoms with Gasteiger partial charge in [-0.2, -0.15) is 4.98 Å². The van der Waals surface area contributed by atoms with E-state index < -0.39 is 42.8 Å². The second-order valence-electron chi connectivity index (χ2n) is 5.71. The lowest BCUT2D eigenvalue weighted by molar-refractivity contribution is -0.252. The highest BCUT2D eigenvalue weighted by Gasteiger charge is 2.45. The van der Waals surface area contributed by atoms with E-state index in [1.165, 1.54) is 16.3 Å². The summed E-state index contributed by atoms with van der Waals surface area (Å²) in [6, 6.07) is 0. The first kappa shape index (κ1) is 18.8. The quantitative estimate of drug-likeness (QED) is 0.248. The number of aromatic amines is 1. The van der Waals surface area contributed by atoms with E-state index in [-0.39, 0.29) is 22.3 Å². The van der Waals surface area contributed by atoms with E-state index in [2.05, 4.69) is 21.5 Å². The van der Waals surface area contributed by atoms with Gasteiger partial charge in [-0.3, -0.25) is 14.3 Å². The van der Waals surface area contributed by atoms with E-state index in [4.69, 9.17) is 10.5 Å². The maximum absolute atomic E-state index is 12.1. The molecule has 0 spiro atoms. The molecule has 7 N–H and O–H groups in total. The molecule has 142 valence electrons. The number of fused-ring (bicyclic) bond motifs is 1. The Morgan fingerprint density at radius 2 is 2.04 bits per heavy atom. The number of nitrogens with zero attached hydrogens (tertiary/aromatic N) is 3. The number of aliphatic hydroxyl groups is 4. The maximum Gasteiger partial charge on any atom is 0.280 e. The fourth-order valence-corrected chi connectivity index (χ4v) is 3.49. The predicted octanol–water partition coefficient (Wildman–Crippen LogP) is -2.05. The van der Waals surface area contributed by atoms with Crippen molar-refractivity contribution in [3.8, 4) is 0 Å². The number of rotatable bonds is 5. The van der Waals surface area contributed by atoms with Gasteiger partial charge in [0, 0.05) is 5.75 Å². The van der Waals surface area contributed by atoms with Crippen molar-refractivity contribution in [3.05, 3.63) is 23.0 Å². The monoisotopic (exact) mass is 385 g/mol.